The fourth-order valence-electron chi connectivity index (χ4n) is 4.57. The first kappa shape index (κ1) is 21.3. The van der Waals surface area contributed by atoms with Crippen LogP contribution in [-0.2, 0) is 22.4 Å². The summed E-state index contributed by atoms with van der Waals surface area (Å²) in [7, 11) is 0. The molecule has 2 aromatic rings. The second kappa shape index (κ2) is 8.12. The van der Waals surface area contributed by atoms with Gasteiger partial charge in [0.25, 0.3) is 0 Å². The van der Waals surface area contributed by atoms with Gasteiger partial charge in [0.2, 0.25) is 0 Å². The average Bonchev–Trinajstić information content (AvgIpc) is 2.73. The van der Waals surface area contributed by atoms with E-state index in [4.69, 9.17) is 14.2 Å². The first-order valence-corrected chi connectivity index (χ1v) is 10.8. The maximum Gasteiger partial charge on any atom is 0.395 e. The summed E-state index contributed by atoms with van der Waals surface area (Å²) in [6.45, 7) is 4.24. The van der Waals surface area contributed by atoms with Crippen molar-refractivity contribution in [1.82, 2.24) is 4.57 Å². The number of hydrogen-bond acceptors (Lipinski definition) is 5. The molecule has 0 N–H and O–H groups in total. The Labute approximate surface area is 183 Å². The highest BCUT2D eigenvalue weighted by atomic mass is 19.4. The molecule has 172 valence electrons. The lowest BCUT2D eigenvalue weighted by Gasteiger charge is -2.42. The van der Waals surface area contributed by atoms with Gasteiger partial charge in [-0.15, -0.1) is 0 Å². The molecular weight excluding hydrogens is 425 g/mol. The minimum absolute atomic E-state index is 0.0116. The number of rotatable bonds is 4. The van der Waals surface area contributed by atoms with Crippen molar-refractivity contribution in [1.29, 1.82) is 0 Å². The standard InChI is InChI=1S/C23H25F3N2O4/c1-14-20(29)9-21(32-13-18-12-30-6-7-31-18)28-5-4-15-8-17(2-3-19(15)22(14)28)27-10-16(11-27)23(24,25)26/h2-3,8-9,16,18H,4-7,10-13H2,1H3/t18-/m0/s1. The van der Waals surface area contributed by atoms with Gasteiger partial charge >= 0.3 is 6.18 Å². The van der Waals surface area contributed by atoms with E-state index in [-0.39, 0.29) is 24.6 Å². The molecule has 9 heteroatoms. The molecule has 5 rings (SSSR count). The van der Waals surface area contributed by atoms with E-state index in [2.05, 4.69) is 0 Å². The molecule has 4 heterocycles. The molecular formula is C23H25F3N2O4. The van der Waals surface area contributed by atoms with E-state index < -0.39 is 12.1 Å². The number of anilines is 1. The topological polar surface area (TPSA) is 52.9 Å². The average molecular weight is 450 g/mol. The molecule has 6 nitrogen and oxygen atoms in total. The summed E-state index contributed by atoms with van der Waals surface area (Å²) in [6, 6.07) is 7.21. The monoisotopic (exact) mass is 450 g/mol. The predicted octanol–water partition coefficient (Wildman–Crippen LogP) is 3.17. The highest BCUT2D eigenvalue weighted by Gasteiger charge is 2.47. The SMILES string of the molecule is Cc1c2n(c(OC[C@@H]3COCCO3)cc1=O)CCc1cc(N3CC(C(F)(F)F)C3)ccc1-2. The van der Waals surface area contributed by atoms with Crippen molar-refractivity contribution >= 4 is 5.69 Å². The first-order valence-electron chi connectivity index (χ1n) is 10.8. The molecule has 2 saturated heterocycles. The van der Waals surface area contributed by atoms with E-state index in [1.807, 2.05) is 22.8 Å². The summed E-state index contributed by atoms with van der Waals surface area (Å²) in [5, 5.41) is 0. The van der Waals surface area contributed by atoms with Gasteiger partial charge in [0.1, 0.15) is 12.7 Å². The van der Waals surface area contributed by atoms with Crippen LogP contribution < -0.4 is 15.1 Å². The molecule has 32 heavy (non-hydrogen) atoms. The number of nitrogens with zero attached hydrogens (tertiary/aromatic N) is 2. The van der Waals surface area contributed by atoms with Gasteiger partial charge in [-0.05, 0) is 31.0 Å². The lowest BCUT2D eigenvalue weighted by atomic mass is 9.92. The zero-order chi connectivity index (χ0) is 22.5. The van der Waals surface area contributed by atoms with Gasteiger partial charge < -0.3 is 23.7 Å². The van der Waals surface area contributed by atoms with Crippen LogP contribution in [0, 0.1) is 12.8 Å². The summed E-state index contributed by atoms with van der Waals surface area (Å²) in [4.78, 5) is 14.4. The Morgan fingerprint density at radius 3 is 2.72 bits per heavy atom. The second-order valence-corrected chi connectivity index (χ2v) is 8.59. The first-order chi connectivity index (χ1) is 15.3. The van der Waals surface area contributed by atoms with Crippen LogP contribution in [0.2, 0.25) is 0 Å². The Balaban J connectivity index is 1.40. The smallest absolute Gasteiger partial charge is 0.395 e. The van der Waals surface area contributed by atoms with E-state index in [1.54, 1.807) is 11.8 Å². The van der Waals surface area contributed by atoms with Crippen LogP contribution in [0.25, 0.3) is 11.3 Å². The summed E-state index contributed by atoms with van der Waals surface area (Å²) >= 11 is 0. The maximum atomic E-state index is 12.8. The highest BCUT2D eigenvalue weighted by Crippen LogP contribution is 2.39. The predicted molar refractivity (Wildman–Crippen MR) is 112 cm³/mol. The molecule has 3 aliphatic rings. The number of fused-ring (bicyclic) bond motifs is 3. The molecule has 0 unspecified atom stereocenters. The van der Waals surface area contributed by atoms with Gasteiger partial charge in [-0.25, -0.2) is 0 Å². The number of aryl methyl sites for hydroxylation is 1. The number of hydrogen-bond donors (Lipinski definition) is 0. The summed E-state index contributed by atoms with van der Waals surface area (Å²) < 4.78 is 57.5. The quantitative estimate of drug-likeness (QED) is 0.717. The van der Waals surface area contributed by atoms with Crippen LogP contribution in [0.3, 0.4) is 0 Å². The van der Waals surface area contributed by atoms with Crippen molar-refractivity contribution in [2.45, 2.75) is 32.2 Å². The molecule has 0 saturated carbocycles. The van der Waals surface area contributed by atoms with Gasteiger partial charge in [0.05, 0.1) is 31.4 Å². The number of halogens is 3. The van der Waals surface area contributed by atoms with Crippen LogP contribution in [0.15, 0.2) is 29.1 Å². The molecule has 3 aliphatic heterocycles. The van der Waals surface area contributed by atoms with E-state index in [9.17, 15) is 18.0 Å². The molecule has 1 aromatic heterocycles. The molecule has 0 amide bonds. The summed E-state index contributed by atoms with van der Waals surface area (Å²) in [5.74, 6) is -0.770. The Morgan fingerprint density at radius 2 is 2.00 bits per heavy atom. The van der Waals surface area contributed by atoms with E-state index >= 15 is 0 Å². The molecule has 0 radical (unpaired) electrons. The number of pyridine rings is 1. The summed E-state index contributed by atoms with van der Waals surface area (Å²) in [6.07, 6.45) is -3.62. The molecule has 1 aromatic carbocycles. The van der Waals surface area contributed by atoms with E-state index in [1.165, 1.54) is 6.07 Å². The lowest BCUT2D eigenvalue weighted by molar-refractivity contribution is -0.180. The molecule has 2 fully saturated rings. The van der Waals surface area contributed by atoms with Crippen LogP contribution in [-0.4, -0.2) is 56.4 Å². The van der Waals surface area contributed by atoms with Gasteiger partial charge in [-0.2, -0.15) is 13.2 Å². The molecule has 0 bridgehead atoms. The van der Waals surface area contributed by atoms with Crippen molar-refractivity contribution in [3.63, 3.8) is 0 Å². The van der Waals surface area contributed by atoms with Gasteiger partial charge in [-0.3, -0.25) is 4.79 Å². The Morgan fingerprint density at radius 1 is 1.19 bits per heavy atom. The Bertz CT molecular complexity index is 1070. The molecule has 0 spiro atoms. The van der Waals surface area contributed by atoms with Crippen molar-refractivity contribution in [3.8, 4) is 17.1 Å². The fourth-order valence-corrected chi connectivity index (χ4v) is 4.57. The van der Waals surface area contributed by atoms with Crippen molar-refractivity contribution in [3.05, 3.63) is 45.6 Å². The molecule has 0 aliphatic carbocycles. The van der Waals surface area contributed by atoms with Crippen LogP contribution in [0.4, 0.5) is 18.9 Å². The number of ether oxygens (including phenoxy) is 3. The molecule has 1 atom stereocenters. The van der Waals surface area contributed by atoms with E-state index in [0.29, 0.717) is 50.8 Å². The number of aromatic nitrogens is 1. The normalized spacial score (nSPS) is 21.0. The van der Waals surface area contributed by atoms with Gasteiger partial charge in [-0.1, -0.05) is 6.07 Å². The third kappa shape index (κ3) is 3.88. The largest absolute Gasteiger partial charge is 0.476 e. The third-order valence-corrected chi connectivity index (χ3v) is 6.48. The number of benzene rings is 1. The van der Waals surface area contributed by atoms with Crippen molar-refractivity contribution < 1.29 is 27.4 Å². The Kier molecular flexibility index (Phi) is 5.41. The second-order valence-electron chi connectivity index (χ2n) is 8.59. The fraction of sp³-hybridized carbons (Fsp3) is 0.522. The van der Waals surface area contributed by atoms with Gasteiger partial charge in [0.15, 0.2) is 11.3 Å². The number of alkyl halides is 3. The van der Waals surface area contributed by atoms with Crippen LogP contribution >= 0.6 is 0 Å². The Hall–Kier alpha value is -2.52. The highest BCUT2D eigenvalue weighted by molar-refractivity contribution is 5.73. The zero-order valence-electron chi connectivity index (χ0n) is 17.8. The minimum Gasteiger partial charge on any atom is -0.476 e. The van der Waals surface area contributed by atoms with Crippen LogP contribution in [0.5, 0.6) is 5.88 Å². The minimum atomic E-state index is -4.15. The summed E-state index contributed by atoms with van der Waals surface area (Å²) in [5.41, 5.74) is 4.06. The third-order valence-electron chi connectivity index (χ3n) is 6.48. The van der Waals surface area contributed by atoms with Crippen molar-refractivity contribution in [2.75, 3.05) is 44.4 Å². The lowest BCUT2D eigenvalue weighted by Crippen LogP contribution is -2.53. The van der Waals surface area contributed by atoms with Gasteiger partial charge in [0, 0.05) is 42.5 Å². The van der Waals surface area contributed by atoms with Crippen LogP contribution in [0.1, 0.15) is 11.1 Å². The van der Waals surface area contributed by atoms with Crippen molar-refractivity contribution in [2.24, 2.45) is 5.92 Å². The van der Waals surface area contributed by atoms with E-state index in [0.717, 1.165) is 22.5 Å². The zero-order valence-corrected chi connectivity index (χ0v) is 17.8. The maximum absolute atomic E-state index is 12.8.